The van der Waals surface area contributed by atoms with Gasteiger partial charge < -0.3 is 15.2 Å². The molecule has 0 aromatic heterocycles. The van der Waals surface area contributed by atoms with E-state index in [1.54, 1.807) is 0 Å². The molecule has 14 heavy (non-hydrogen) atoms. The Balaban J connectivity index is 3.42. The molecule has 1 aromatic rings. The molecule has 0 bridgehead atoms. The topological polar surface area (TPSA) is 44.5 Å². The quantitative estimate of drug-likeness (QED) is 0.808. The maximum absolute atomic E-state index is 13.2. The predicted octanol–water partition coefficient (Wildman–Crippen LogP) is 1.44. The van der Waals surface area contributed by atoms with Gasteiger partial charge in [0, 0.05) is 12.6 Å². The van der Waals surface area contributed by atoms with E-state index in [-0.39, 0.29) is 23.6 Å². The van der Waals surface area contributed by atoms with Crippen LogP contribution in [0.15, 0.2) is 6.07 Å². The van der Waals surface area contributed by atoms with Crippen LogP contribution in [0.3, 0.4) is 0 Å². The van der Waals surface area contributed by atoms with Gasteiger partial charge in [-0.3, -0.25) is 0 Å². The van der Waals surface area contributed by atoms with E-state index in [4.69, 9.17) is 15.2 Å². The van der Waals surface area contributed by atoms with Crippen molar-refractivity contribution in [2.75, 3.05) is 14.2 Å². The van der Waals surface area contributed by atoms with E-state index < -0.39 is 11.6 Å². The van der Waals surface area contributed by atoms with Crippen molar-refractivity contribution >= 4 is 0 Å². The Morgan fingerprint density at radius 3 is 2.36 bits per heavy atom. The van der Waals surface area contributed by atoms with E-state index in [0.29, 0.717) is 0 Å². The van der Waals surface area contributed by atoms with Crippen molar-refractivity contribution in [3.8, 4) is 11.5 Å². The Hall–Kier alpha value is -1.36. The SMILES string of the molecule is COc1cc(F)c(F)c(CN)c1OC. The second-order valence-electron chi connectivity index (χ2n) is 2.59. The van der Waals surface area contributed by atoms with Crippen molar-refractivity contribution < 1.29 is 18.3 Å². The molecule has 1 rings (SSSR count). The van der Waals surface area contributed by atoms with Gasteiger partial charge in [-0.05, 0) is 0 Å². The van der Waals surface area contributed by atoms with Crippen LogP contribution in [0.5, 0.6) is 11.5 Å². The van der Waals surface area contributed by atoms with Crippen molar-refractivity contribution in [2.24, 2.45) is 5.73 Å². The van der Waals surface area contributed by atoms with Gasteiger partial charge in [-0.25, -0.2) is 8.78 Å². The van der Waals surface area contributed by atoms with Gasteiger partial charge in [0.15, 0.2) is 23.1 Å². The number of methoxy groups -OCH3 is 2. The van der Waals surface area contributed by atoms with Crippen molar-refractivity contribution in [3.63, 3.8) is 0 Å². The Bertz CT molecular complexity index is 342. The fourth-order valence-electron chi connectivity index (χ4n) is 1.19. The third kappa shape index (κ3) is 1.63. The van der Waals surface area contributed by atoms with Crippen LogP contribution in [0.4, 0.5) is 8.78 Å². The summed E-state index contributed by atoms with van der Waals surface area (Å²) in [6.07, 6.45) is 0. The van der Waals surface area contributed by atoms with Gasteiger partial charge in [0.2, 0.25) is 0 Å². The molecule has 0 atom stereocenters. The molecule has 0 spiro atoms. The summed E-state index contributed by atoms with van der Waals surface area (Å²) in [6.45, 7) is -0.150. The smallest absolute Gasteiger partial charge is 0.168 e. The minimum Gasteiger partial charge on any atom is -0.493 e. The number of nitrogens with two attached hydrogens (primary N) is 1. The first-order valence-electron chi connectivity index (χ1n) is 3.94. The standard InChI is InChI=1S/C9H11F2NO2/c1-13-7-3-6(10)8(11)5(4-12)9(7)14-2/h3H,4,12H2,1-2H3. The van der Waals surface area contributed by atoms with E-state index in [0.717, 1.165) is 6.07 Å². The van der Waals surface area contributed by atoms with Crippen molar-refractivity contribution in [1.82, 2.24) is 0 Å². The number of rotatable bonds is 3. The van der Waals surface area contributed by atoms with Crippen molar-refractivity contribution in [2.45, 2.75) is 6.54 Å². The summed E-state index contributed by atoms with van der Waals surface area (Å²) in [6, 6.07) is 0.924. The third-order valence-corrected chi connectivity index (χ3v) is 1.86. The lowest BCUT2D eigenvalue weighted by Crippen LogP contribution is -2.06. The van der Waals surface area contributed by atoms with Gasteiger partial charge >= 0.3 is 0 Å². The number of ether oxygens (including phenoxy) is 2. The molecule has 3 nitrogen and oxygen atoms in total. The highest BCUT2D eigenvalue weighted by atomic mass is 19.2. The van der Waals surface area contributed by atoms with E-state index in [9.17, 15) is 8.78 Å². The first kappa shape index (κ1) is 10.7. The van der Waals surface area contributed by atoms with Crippen LogP contribution >= 0.6 is 0 Å². The normalized spacial score (nSPS) is 10.1. The van der Waals surface area contributed by atoms with Crippen LogP contribution in [0.2, 0.25) is 0 Å². The van der Waals surface area contributed by atoms with Gasteiger partial charge in [0.1, 0.15) is 0 Å². The summed E-state index contributed by atoms with van der Waals surface area (Å²) >= 11 is 0. The van der Waals surface area contributed by atoms with Crippen LogP contribution in [-0.2, 0) is 6.54 Å². The summed E-state index contributed by atoms with van der Waals surface area (Å²) in [4.78, 5) is 0. The fourth-order valence-corrected chi connectivity index (χ4v) is 1.19. The maximum atomic E-state index is 13.2. The average Bonchev–Trinajstić information content (AvgIpc) is 2.20. The Morgan fingerprint density at radius 1 is 1.29 bits per heavy atom. The number of hydrogen-bond acceptors (Lipinski definition) is 3. The summed E-state index contributed by atoms with van der Waals surface area (Å²) in [5.41, 5.74) is 5.25. The molecule has 0 heterocycles. The fraction of sp³-hybridized carbons (Fsp3) is 0.333. The molecule has 78 valence electrons. The van der Waals surface area contributed by atoms with Gasteiger partial charge in [0.05, 0.1) is 19.8 Å². The minimum absolute atomic E-state index is 0.0237. The Morgan fingerprint density at radius 2 is 1.93 bits per heavy atom. The third-order valence-electron chi connectivity index (χ3n) is 1.86. The molecule has 0 saturated carbocycles. The lowest BCUT2D eigenvalue weighted by molar-refractivity contribution is 0.342. The van der Waals surface area contributed by atoms with Gasteiger partial charge in [-0.2, -0.15) is 0 Å². The molecule has 0 saturated heterocycles. The van der Waals surface area contributed by atoms with Crippen LogP contribution in [0.1, 0.15) is 5.56 Å². The number of hydrogen-bond donors (Lipinski definition) is 1. The van der Waals surface area contributed by atoms with Crippen LogP contribution < -0.4 is 15.2 Å². The molecular weight excluding hydrogens is 192 g/mol. The van der Waals surface area contributed by atoms with Crippen LogP contribution in [0.25, 0.3) is 0 Å². The zero-order valence-corrected chi connectivity index (χ0v) is 7.93. The first-order valence-corrected chi connectivity index (χ1v) is 3.94. The molecule has 1 aromatic carbocycles. The maximum Gasteiger partial charge on any atom is 0.168 e. The number of halogens is 2. The minimum atomic E-state index is -0.997. The summed E-state index contributed by atoms with van der Waals surface area (Å²) in [7, 11) is 2.68. The van der Waals surface area contributed by atoms with Gasteiger partial charge in [-0.15, -0.1) is 0 Å². The van der Waals surface area contributed by atoms with Gasteiger partial charge in [-0.1, -0.05) is 0 Å². The van der Waals surface area contributed by atoms with E-state index in [2.05, 4.69) is 0 Å². The molecule has 2 N–H and O–H groups in total. The summed E-state index contributed by atoms with van der Waals surface area (Å²) in [5.74, 6) is -1.73. The monoisotopic (exact) mass is 203 g/mol. The highest BCUT2D eigenvalue weighted by molar-refractivity contribution is 5.47. The highest BCUT2D eigenvalue weighted by Gasteiger charge is 2.18. The largest absolute Gasteiger partial charge is 0.493 e. The van der Waals surface area contributed by atoms with Gasteiger partial charge in [0.25, 0.3) is 0 Å². The van der Waals surface area contributed by atoms with Crippen LogP contribution in [-0.4, -0.2) is 14.2 Å². The van der Waals surface area contributed by atoms with Crippen LogP contribution in [0, 0.1) is 11.6 Å². The summed E-state index contributed by atoms with van der Waals surface area (Å²) < 4.78 is 35.8. The lowest BCUT2D eigenvalue weighted by atomic mass is 10.1. The first-order chi connectivity index (χ1) is 6.65. The predicted molar refractivity (Wildman–Crippen MR) is 47.4 cm³/mol. The molecule has 0 fully saturated rings. The van der Waals surface area contributed by atoms with E-state index in [1.165, 1.54) is 14.2 Å². The average molecular weight is 203 g/mol. The summed E-state index contributed by atoms with van der Waals surface area (Å²) in [5, 5.41) is 0. The molecular formula is C9H11F2NO2. The molecule has 0 radical (unpaired) electrons. The molecule has 0 amide bonds. The number of benzene rings is 1. The Labute approximate surface area is 80.4 Å². The van der Waals surface area contributed by atoms with E-state index >= 15 is 0 Å². The van der Waals surface area contributed by atoms with E-state index in [1.807, 2.05) is 0 Å². The lowest BCUT2D eigenvalue weighted by Gasteiger charge is -2.12. The van der Waals surface area contributed by atoms with Crippen molar-refractivity contribution in [1.29, 1.82) is 0 Å². The zero-order chi connectivity index (χ0) is 10.7. The molecule has 0 aliphatic carbocycles. The second-order valence-corrected chi connectivity index (χ2v) is 2.59. The molecule has 0 aliphatic heterocycles. The second kappa shape index (κ2) is 4.23. The van der Waals surface area contributed by atoms with Crippen molar-refractivity contribution in [3.05, 3.63) is 23.3 Å². The Kier molecular flexibility index (Phi) is 3.24. The zero-order valence-electron chi connectivity index (χ0n) is 7.93. The molecule has 0 aliphatic rings. The highest BCUT2D eigenvalue weighted by Crippen LogP contribution is 2.34. The molecule has 0 unspecified atom stereocenters. The molecule has 5 heteroatoms.